The van der Waals surface area contributed by atoms with Gasteiger partial charge in [0.25, 0.3) is 0 Å². The number of thioether (sulfide) groups is 1. The van der Waals surface area contributed by atoms with Crippen molar-refractivity contribution in [2.45, 2.75) is 42.7 Å². The van der Waals surface area contributed by atoms with Crippen molar-refractivity contribution in [3.8, 4) is 0 Å². The molecule has 31 heavy (non-hydrogen) atoms. The highest BCUT2D eigenvalue weighted by atomic mass is 32.2. The van der Waals surface area contributed by atoms with Crippen molar-refractivity contribution in [1.29, 1.82) is 0 Å². The summed E-state index contributed by atoms with van der Waals surface area (Å²) in [5, 5.41) is 14.0. The highest BCUT2D eigenvalue weighted by molar-refractivity contribution is 7.98. The van der Waals surface area contributed by atoms with E-state index < -0.39 is 0 Å². The second kappa shape index (κ2) is 10.1. The van der Waals surface area contributed by atoms with Gasteiger partial charge in [-0.1, -0.05) is 30.3 Å². The molecule has 1 fully saturated rings. The standard InChI is InChI=1S/C24H27FN4OS/c1-17(21-13-19(25)7-8-22(21)29-11-9-20(30)10-12-29)27-23-14-26-15-24(28-23)31-16-18-5-3-2-4-6-18/h2-8,13-15,17,20,30H,9-12,16H2,1H3,(H,27,28). The van der Waals surface area contributed by atoms with E-state index in [4.69, 9.17) is 0 Å². The maximum atomic E-state index is 14.1. The quantitative estimate of drug-likeness (QED) is 0.504. The fourth-order valence-corrected chi connectivity index (χ4v) is 4.59. The summed E-state index contributed by atoms with van der Waals surface area (Å²) in [6.07, 6.45) is 4.66. The molecule has 0 saturated carbocycles. The summed E-state index contributed by atoms with van der Waals surface area (Å²) in [7, 11) is 0. The molecular formula is C24H27FN4OS. The largest absolute Gasteiger partial charge is 0.393 e. The van der Waals surface area contributed by atoms with Crippen LogP contribution in [0, 0.1) is 5.82 Å². The van der Waals surface area contributed by atoms with E-state index in [1.54, 1.807) is 30.2 Å². The number of anilines is 2. The van der Waals surface area contributed by atoms with Crippen molar-refractivity contribution in [1.82, 2.24) is 9.97 Å². The molecule has 0 radical (unpaired) electrons. The molecule has 1 aliphatic rings. The van der Waals surface area contributed by atoms with Crippen LogP contribution in [-0.4, -0.2) is 34.3 Å². The van der Waals surface area contributed by atoms with Crippen LogP contribution in [0.25, 0.3) is 0 Å². The van der Waals surface area contributed by atoms with Gasteiger partial charge in [-0.2, -0.15) is 0 Å². The van der Waals surface area contributed by atoms with Crippen LogP contribution < -0.4 is 10.2 Å². The highest BCUT2D eigenvalue weighted by Gasteiger charge is 2.22. The second-order valence-electron chi connectivity index (χ2n) is 7.80. The lowest BCUT2D eigenvalue weighted by atomic mass is 10.0. The average Bonchev–Trinajstić information content (AvgIpc) is 2.79. The molecule has 1 aliphatic heterocycles. The minimum Gasteiger partial charge on any atom is -0.393 e. The van der Waals surface area contributed by atoms with Crippen LogP contribution in [0.4, 0.5) is 15.9 Å². The molecule has 0 amide bonds. The smallest absolute Gasteiger partial charge is 0.146 e. The minimum atomic E-state index is -0.261. The molecule has 4 rings (SSSR count). The number of rotatable bonds is 7. The summed E-state index contributed by atoms with van der Waals surface area (Å²) in [6, 6.07) is 15.0. The van der Waals surface area contributed by atoms with Gasteiger partial charge >= 0.3 is 0 Å². The lowest BCUT2D eigenvalue weighted by Crippen LogP contribution is -2.36. The predicted molar refractivity (Wildman–Crippen MR) is 124 cm³/mol. The fourth-order valence-electron chi connectivity index (χ4n) is 3.79. The normalized spacial score (nSPS) is 15.6. The van der Waals surface area contributed by atoms with Crippen LogP contribution in [0.2, 0.25) is 0 Å². The maximum absolute atomic E-state index is 14.1. The molecule has 7 heteroatoms. The van der Waals surface area contributed by atoms with E-state index >= 15 is 0 Å². The highest BCUT2D eigenvalue weighted by Crippen LogP contribution is 2.31. The second-order valence-corrected chi connectivity index (χ2v) is 8.80. The van der Waals surface area contributed by atoms with Crippen LogP contribution in [0.5, 0.6) is 0 Å². The van der Waals surface area contributed by atoms with Crippen LogP contribution >= 0.6 is 11.8 Å². The van der Waals surface area contributed by atoms with Gasteiger partial charge in [-0.3, -0.25) is 4.98 Å². The van der Waals surface area contributed by atoms with Gasteiger partial charge in [-0.25, -0.2) is 9.37 Å². The molecule has 0 bridgehead atoms. The summed E-state index contributed by atoms with van der Waals surface area (Å²) in [4.78, 5) is 11.2. The fraction of sp³-hybridized carbons (Fsp3) is 0.333. The van der Waals surface area contributed by atoms with E-state index in [1.165, 1.54) is 11.6 Å². The van der Waals surface area contributed by atoms with Gasteiger partial charge in [0.05, 0.1) is 24.5 Å². The van der Waals surface area contributed by atoms with Crippen LogP contribution in [0.1, 0.15) is 36.9 Å². The molecule has 0 spiro atoms. The predicted octanol–water partition coefficient (Wildman–Crippen LogP) is 5.04. The molecule has 2 heterocycles. The first-order chi connectivity index (χ1) is 15.1. The molecule has 2 aromatic carbocycles. The molecule has 1 saturated heterocycles. The maximum Gasteiger partial charge on any atom is 0.146 e. The lowest BCUT2D eigenvalue weighted by Gasteiger charge is -2.34. The Morgan fingerprint density at radius 2 is 1.94 bits per heavy atom. The molecule has 0 aliphatic carbocycles. The Bertz CT molecular complexity index is 996. The number of aromatic nitrogens is 2. The molecule has 1 atom stereocenters. The van der Waals surface area contributed by atoms with E-state index in [1.807, 2.05) is 31.2 Å². The molecule has 1 unspecified atom stereocenters. The third-order valence-corrected chi connectivity index (χ3v) is 6.44. The van der Waals surface area contributed by atoms with Crippen LogP contribution in [0.15, 0.2) is 66.0 Å². The van der Waals surface area contributed by atoms with Crippen molar-refractivity contribution in [3.05, 3.63) is 77.9 Å². The number of aliphatic hydroxyl groups excluding tert-OH is 1. The molecule has 162 valence electrons. The first-order valence-electron chi connectivity index (χ1n) is 10.6. The Balaban J connectivity index is 1.47. The summed E-state index contributed by atoms with van der Waals surface area (Å²) in [5.74, 6) is 1.22. The summed E-state index contributed by atoms with van der Waals surface area (Å²) in [6.45, 7) is 3.53. The van der Waals surface area contributed by atoms with Crippen molar-refractivity contribution in [2.24, 2.45) is 0 Å². The Morgan fingerprint density at radius 3 is 2.71 bits per heavy atom. The number of halogens is 1. The number of hydrogen-bond donors (Lipinski definition) is 2. The van der Waals surface area contributed by atoms with E-state index in [2.05, 4.69) is 32.3 Å². The van der Waals surface area contributed by atoms with Crippen molar-refractivity contribution in [3.63, 3.8) is 0 Å². The van der Waals surface area contributed by atoms with Gasteiger partial charge in [0, 0.05) is 30.1 Å². The van der Waals surface area contributed by atoms with Crippen molar-refractivity contribution in [2.75, 3.05) is 23.3 Å². The SMILES string of the molecule is CC(Nc1cncc(SCc2ccccc2)n1)c1cc(F)ccc1N1CCC(O)CC1. The Hall–Kier alpha value is -2.64. The van der Waals surface area contributed by atoms with E-state index in [0.717, 1.165) is 48.0 Å². The summed E-state index contributed by atoms with van der Waals surface area (Å²) < 4.78 is 14.1. The molecule has 5 nitrogen and oxygen atoms in total. The molecule has 3 aromatic rings. The van der Waals surface area contributed by atoms with E-state index in [9.17, 15) is 9.50 Å². The number of aliphatic hydroxyl groups is 1. The zero-order chi connectivity index (χ0) is 21.6. The Morgan fingerprint density at radius 1 is 1.16 bits per heavy atom. The van der Waals surface area contributed by atoms with Gasteiger partial charge in [0.15, 0.2) is 0 Å². The monoisotopic (exact) mass is 438 g/mol. The average molecular weight is 439 g/mol. The number of benzene rings is 2. The first-order valence-corrected chi connectivity index (χ1v) is 11.5. The van der Waals surface area contributed by atoms with Crippen molar-refractivity contribution >= 4 is 23.3 Å². The van der Waals surface area contributed by atoms with Gasteiger partial charge < -0.3 is 15.3 Å². The summed E-state index contributed by atoms with van der Waals surface area (Å²) >= 11 is 1.63. The number of hydrogen-bond acceptors (Lipinski definition) is 6. The van der Waals surface area contributed by atoms with Gasteiger partial charge in [0.1, 0.15) is 16.7 Å². The van der Waals surface area contributed by atoms with Crippen LogP contribution in [0.3, 0.4) is 0 Å². The Labute approximate surface area is 186 Å². The summed E-state index contributed by atoms with van der Waals surface area (Å²) in [5.41, 5.74) is 3.11. The Kier molecular flexibility index (Phi) is 7.04. The van der Waals surface area contributed by atoms with E-state index in [0.29, 0.717) is 5.82 Å². The first kappa shape index (κ1) is 21.6. The zero-order valence-corrected chi connectivity index (χ0v) is 18.4. The van der Waals surface area contributed by atoms with Crippen molar-refractivity contribution < 1.29 is 9.50 Å². The number of nitrogens with zero attached hydrogens (tertiary/aromatic N) is 3. The third kappa shape index (κ3) is 5.74. The molecular weight excluding hydrogens is 411 g/mol. The van der Waals surface area contributed by atoms with Gasteiger partial charge in [0.2, 0.25) is 0 Å². The van der Waals surface area contributed by atoms with Crippen LogP contribution in [-0.2, 0) is 5.75 Å². The third-order valence-electron chi connectivity index (χ3n) is 5.47. The number of nitrogens with one attached hydrogen (secondary N) is 1. The lowest BCUT2D eigenvalue weighted by molar-refractivity contribution is 0.145. The van der Waals surface area contributed by atoms with Gasteiger partial charge in [-0.15, -0.1) is 11.8 Å². The zero-order valence-electron chi connectivity index (χ0n) is 17.5. The number of piperidine rings is 1. The molecule has 2 N–H and O–H groups in total. The molecule has 1 aromatic heterocycles. The minimum absolute atomic E-state index is 0.152. The van der Waals surface area contributed by atoms with Gasteiger partial charge in [-0.05, 0) is 43.5 Å². The topological polar surface area (TPSA) is 61.3 Å². The van der Waals surface area contributed by atoms with E-state index in [-0.39, 0.29) is 18.0 Å².